The molecule has 0 spiro atoms. The Bertz CT molecular complexity index is 199. The molecule has 2 saturated heterocycles. The van der Waals surface area contributed by atoms with Crippen LogP contribution in [0, 0.1) is 5.92 Å². The van der Waals surface area contributed by atoms with Crippen LogP contribution in [0.4, 0.5) is 0 Å². The second kappa shape index (κ2) is 3.80. The molecule has 3 heteroatoms. The van der Waals surface area contributed by atoms with Crippen molar-refractivity contribution in [3.63, 3.8) is 0 Å². The van der Waals surface area contributed by atoms with Crippen molar-refractivity contribution in [3.05, 3.63) is 0 Å². The van der Waals surface area contributed by atoms with E-state index in [4.69, 9.17) is 4.74 Å². The Kier molecular flexibility index (Phi) is 2.82. The fourth-order valence-corrected chi connectivity index (χ4v) is 2.51. The third-order valence-corrected chi connectivity index (χ3v) is 3.57. The monoisotopic (exact) mass is 199 g/mol. The molecule has 0 aromatic rings. The lowest BCUT2D eigenvalue weighted by Gasteiger charge is -2.29. The predicted molar refractivity (Wildman–Crippen MR) is 55.2 cm³/mol. The topological polar surface area (TPSA) is 41.5 Å². The fraction of sp³-hybridized carbons (Fsp3) is 1.00. The van der Waals surface area contributed by atoms with E-state index >= 15 is 0 Å². The zero-order chi connectivity index (χ0) is 10.2. The zero-order valence-electron chi connectivity index (χ0n) is 9.12. The Morgan fingerprint density at radius 1 is 1.43 bits per heavy atom. The number of nitrogens with one attached hydrogen (secondary N) is 1. The molecule has 0 aromatic carbocycles. The predicted octanol–water partition coefficient (Wildman–Crippen LogP) is 0.914. The molecule has 0 aromatic heterocycles. The summed E-state index contributed by atoms with van der Waals surface area (Å²) < 4.78 is 5.91. The maximum atomic E-state index is 9.81. The van der Waals surface area contributed by atoms with Gasteiger partial charge >= 0.3 is 0 Å². The third-order valence-electron chi connectivity index (χ3n) is 3.57. The summed E-state index contributed by atoms with van der Waals surface area (Å²) in [5.74, 6) is 0.597. The highest BCUT2D eigenvalue weighted by molar-refractivity contribution is 4.93. The van der Waals surface area contributed by atoms with E-state index in [1.807, 2.05) is 13.8 Å². The van der Waals surface area contributed by atoms with Crippen LogP contribution in [0.5, 0.6) is 0 Å². The number of aliphatic hydroxyl groups is 1. The van der Waals surface area contributed by atoms with Crippen molar-refractivity contribution in [1.82, 2.24) is 5.32 Å². The molecule has 2 fully saturated rings. The summed E-state index contributed by atoms with van der Waals surface area (Å²) in [6.07, 6.45) is 3.24. The lowest BCUT2D eigenvalue weighted by atomic mass is 9.91. The lowest BCUT2D eigenvalue weighted by Crippen LogP contribution is -2.37. The average molecular weight is 199 g/mol. The lowest BCUT2D eigenvalue weighted by molar-refractivity contribution is -0.0734. The Labute approximate surface area is 85.8 Å². The van der Waals surface area contributed by atoms with Crippen LogP contribution in [0.1, 0.15) is 33.1 Å². The van der Waals surface area contributed by atoms with Gasteiger partial charge in [0.15, 0.2) is 0 Å². The van der Waals surface area contributed by atoms with Crippen LogP contribution in [0.2, 0.25) is 0 Å². The fourth-order valence-electron chi connectivity index (χ4n) is 2.51. The first-order valence-corrected chi connectivity index (χ1v) is 5.66. The van der Waals surface area contributed by atoms with Crippen molar-refractivity contribution in [2.45, 2.75) is 50.9 Å². The maximum absolute atomic E-state index is 9.81. The Balaban J connectivity index is 1.93. The van der Waals surface area contributed by atoms with Gasteiger partial charge in [0.2, 0.25) is 0 Å². The molecule has 0 aliphatic carbocycles. The summed E-state index contributed by atoms with van der Waals surface area (Å²) in [5.41, 5.74) is -0.345. The average Bonchev–Trinajstić information content (AvgIpc) is 2.43. The molecule has 0 bridgehead atoms. The van der Waals surface area contributed by atoms with Gasteiger partial charge < -0.3 is 15.2 Å². The van der Waals surface area contributed by atoms with Gasteiger partial charge in [-0.05, 0) is 39.2 Å². The van der Waals surface area contributed by atoms with E-state index in [0.717, 1.165) is 19.5 Å². The van der Waals surface area contributed by atoms with Crippen LogP contribution in [0.25, 0.3) is 0 Å². The van der Waals surface area contributed by atoms with Gasteiger partial charge in [0, 0.05) is 13.0 Å². The summed E-state index contributed by atoms with van der Waals surface area (Å²) in [4.78, 5) is 0. The minimum atomic E-state index is -0.345. The first-order valence-electron chi connectivity index (χ1n) is 5.66. The molecule has 2 aliphatic rings. The van der Waals surface area contributed by atoms with Crippen LogP contribution in [0.15, 0.2) is 0 Å². The van der Waals surface area contributed by atoms with Crippen LogP contribution in [-0.4, -0.2) is 36.0 Å². The molecule has 2 N–H and O–H groups in total. The summed E-state index contributed by atoms with van der Waals surface area (Å²) >= 11 is 0. The number of hydrogen-bond acceptors (Lipinski definition) is 3. The SMILES string of the molecule is CC1(C)OC(C2CCCNC2)CC1O. The van der Waals surface area contributed by atoms with E-state index in [9.17, 15) is 5.11 Å². The molecule has 3 atom stereocenters. The van der Waals surface area contributed by atoms with Crippen molar-refractivity contribution in [1.29, 1.82) is 0 Å². The van der Waals surface area contributed by atoms with E-state index in [-0.39, 0.29) is 17.8 Å². The molecule has 14 heavy (non-hydrogen) atoms. The molecule has 0 amide bonds. The second-order valence-electron chi connectivity index (χ2n) is 5.12. The highest BCUT2D eigenvalue weighted by Crippen LogP contribution is 2.35. The van der Waals surface area contributed by atoms with Gasteiger partial charge in [-0.2, -0.15) is 0 Å². The number of rotatable bonds is 1. The van der Waals surface area contributed by atoms with Crippen molar-refractivity contribution >= 4 is 0 Å². The van der Waals surface area contributed by atoms with Crippen molar-refractivity contribution in [2.24, 2.45) is 5.92 Å². The molecule has 2 heterocycles. The number of piperidine rings is 1. The molecular formula is C11H21NO2. The van der Waals surface area contributed by atoms with Crippen LogP contribution in [0.3, 0.4) is 0 Å². The first kappa shape index (κ1) is 10.4. The smallest absolute Gasteiger partial charge is 0.0889 e. The number of aliphatic hydroxyl groups excluding tert-OH is 1. The highest BCUT2D eigenvalue weighted by Gasteiger charge is 2.43. The number of ether oxygens (including phenoxy) is 1. The Morgan fingerprint density at radius 2 is 2.21 bits per heavy atom. The molecular weight excluding hydrogens is 178 g/mol. The second-order valence-corrected chi connectivity index (χ2v) is 5.12. The molecule has 3 unspecified atom stereocenters. The Hall–Kier alpha value is -0.120. The minimum Gasteiger partial charge on any atom is -0.390 e. The van der Waals surface area contributed by atoms with Crippen molar-refractivity contribution in [2.75, 3.05) is 13.1 Å². The van der Waals surface area contributed by atoms with Gasteiger partial charge in [0.25, 0.3) is 0 Å². The van der Waals surface area contributed by atoms with Crippen molar-refractivity contribution in [3.8, 4) is 0 Å². The molecule has 2 aliphatic heterocycles. The molecule has 0 saturated carbocycles. The molecule has 0 radical (unpaired) electrons. The quantitative estimate of drug-likeness (QED) is 0.659. The molecule has 82 valence electrons. The standard InChI is InChI=1S/C11H21NO2/c1-11(2)10(13)6-9(14-11)8-4-3-5-12-7-8/h8-10,12-13H,3-7H2,1-2H3. The van der Waals surface area contributed by atoms with E-state index in [2.05, 4.69) is 5.32 Å². The first-order chi connectivity index (χ1) is 6.59. The van der Waals surface area contributed by atoms with Crippen LogP contribution < -0.4 is 5.32 Å². The summed E-state index contributed by atoms with van der Waals surface area (Å²) in [6, 6.07) is 0. The van der Waals surface area contributed by atoms with Crippen LogP contribution in [-0.2, 0) is 4.74 Å². The summed E-state index contributed by atoms with van der Waals surface area (Å²) in [5, 5.41) is 13.2. The maximum Gasteiger partial charge on any atom is 0.0889 e. The van der Waals surface area contributed by atoms with E-state index < -0.39 is 0 Å². The third kappa shape index (κ3) is 1.95. The van der Waals surface area contributed by atoms with Crippen molar-refractivity contribution < 1.29 is 9.84 Å². The zero-order valence-corrected chi connectivity index (χ0v) is 9.12. The molecule has 2 rings (SSSR count). The normalized spacial score (nSPS) is 42.6. The molecule has 3 nitrogen and oxygen atoms in total. The van der Waals surface area contributed by atoms with Gasteiger partial charge in [-0.3, -0.25) is 0 Å². The van der Waals surface area contributed by atoms with E-state index in [1.54, 1.807) is 0 Å². The largest absolute Gasteiger partial charge is 0.390 e. The summed E-state index contributed by atoms with van der Waals surface area (Å²) in [7, 11) is 0. The number of hydrogen-bond donors (Lipinski definition) is 2. The van der Waals surface area contributed by atoms with E-state index in [1.165, 1.54) is 12.8 Å². The van der Waals surface area contributed by atoms with E-state index in [0.29, 0.717) is 5.92 Å². The van der Waals surface area contributed by atoms with Gasteiger partial charge in [-0.15, -0.1) is 0 Å². The van der Waals surface area contributed by atoms with Gasteiger partial charge in [0.1, 0.15) is 0 Å². The van der Waals surface area contributed by atoms with Gasteiger partial charge in [-0.1, -0.05) is 0 Å². The van der Waals surface area contributed by atoms with Gasteiger partial charge in [-0.25, -0.2) is 0 Å². The minimum absolute atomic E-state index is 0.257. The highest BCUT2D eigenvalue weighted by atomic mass is 16.5. The van der Waals surface area contributed by atoms with Crippen LogP contribution >= 0.6 is 0 Å². The van der Waals surface area contributed by atoms with Gasteiger partial charge in [0.05, 0.1) is 17.8 Å². The summed E-state index contributed by atoms with van der Waals surface area (Å²) in [6.45, 7) is 6.14. The Morgan fingerprint density at radius 3 is 2.71 bits per heavy atom.